The predicted molar refractivity (Wildman–Crippen MR) is 222 cm³/mol. The largest absolute Gasteiger partial charge is 0.507 e. The van der Waals surface area contributed by atoms with Crippen molar-refractivity contribution in [3.8, 4) is 34.3 Å². The normalized spacial score (nSPS) is 16.7. The molecule has 0 saturated carbocycles. The highest BCUT2D eigenvalue weighted by Crippen LogP contribution is 2.35. The summed E-state index contributed by atoms with van der Waals surface area (Å²) in [5.41, 5.74) is 8.05. The molecule has 2 atom stereocenters. The number of amides is 1. The Balaban J connectivity index is 0.000000183. The minimum atomic E-state index is -0.417. The van der Waals surface area contributed by atoms with Gasteiger partial charge in [0, 0.05) is 43.5 Å². The lowest BCUT2D eigenvalue weighted by Crippen LogP contribution is -2.33. The van der Waals surface area contributed by atoms with E-state index < -0.39 is 6.09 Å². The number of carbonyl (C=O) groups excluding carboxylic acids is 1. The van der Waals surface area contributed by atoms with Gasteiger partial charge in [0.25, 0.3) is 0 Å². The Morgan fingerprint density at radius 2 is 1.24 bits per heavy atom. The second-order valence-electron chi connectivity index (χ2n) is 16.1. The van der Waals surface area contributed by atoms with Crippen LogP contribution < -0.4 is 20.9 Å². The number of rotatable bonds is 8. The predicted octanol–water partition coefficient (Wildman–Crippen LogP) is 7.67. The number of para-hydroxylation sites is 2. The minimum Gasteiger partial charge on any atom is -0.507 e. The minimum absolute atomic E-state index is 0.0854. The number of hydrogen-bond acceptors (Lipinski definition) is 11. The maximum Gasteiger partial charge on any atom is 0.407 e. The summed E-state index contributed by atoms with van der Waals surface area (Å²) in [6.45, 7) is 10.5. The van der Waals surface area contributed by atoms with Gasteiger partial charge in [-0.25, -0.2) is 33.5 Å². The summed E-state index contributed by atoms with van der Waals surface area (Å²) >= 11 is 0. The Kier molecular flexibility index (Phi) is 11.8. The molecular formula is C44H48F2N8O4. The Morgan fingerprint density at radius 3 is 1.71 bits per heavy atom. The topological polar surface area (TPSA) is 163 Å². The van der Waals surface area contributed by atoms with Crippen LogP contribution in [0.3, 0.4) is 0 Å². The molecule has 5 N–H and O–H groups in total. The van der Waals surface area contributed by atoms with Gasteiger partial charge in [0.1, 0.15) is 34.8 Å². The summed E-state index contributed by atoms with van der Waals surface area (Å²) in [5.74, 6) is 2.28. The number of carbonyl (C=O) groups is 1. The van der Waals surface area contributed by atoms with Crippen LogP contribution in [0.15, 0.2) is 84.9 Å². The summed E-state index contributed by atoms with van der Waals surface area (Å²) in [7, 11) is 0. The third kappa shape index (κ3) is 9.34. The number of benzene rings is 4. The number of hydrogen-bond donors (Lipinski definition) is 4. The maximum atomic E-state index is 14.1. The van der Waals surface area contributed by atoms with E-state index >= 15 is 0 Å². The van der Waals surface area contributed by atoms with Crippen LogP contribution >= 0.6 is 0 Å². The highest BCUT2D eigenvalue weighted by molar-refractivity contribution is 5.92. The molecule has 14 heteroatoms. The highest BCUT2D eigenvalue weighted by Gasteiger charge is 2.28. The van der Waals surface area contributed by atoms with Crippen molar-refractivity contribution in [1.82, 2.24) is 25.3 Å². The number of aromatic nitrogens is 4. The van der Waals surface area contributed by atoms with Crippen LogP contribution in [0, 0.1) is 28.9 Å². The first-order chi connectivity index (χ1) is 27.8. The van der Waals surface area contributed by atoms with Crippen molar-refractivity contribution in [1.29, 1.82) is 0 Å². The molecule has 8 rings (SSSR count). The first kappa shape index (κ1) is 40.1. The molecule has 0 aliphatic carbocycles. The van der Waals surface area contributed by atoms with Crippen LogP contribution in [-0.2, 0) is 4.74 Å². The zero-order valence-corrected chi connectivity index (χ0v) is 32.8. The average molecular weight is 791 g/mol. The van der Waals surface area contributed by atoms with Crippen LogP contribution in [0.5, 0.6) is 11.5 Å². The highest BCUT2D eigenvalue weighted by atomic mass is 19.1. The van der Waals surface area contributed by atoms with Crippen molar-refractivity contribution < 1.29 is 28.5 Å². The number of fused-ring (bicyclic) bond motifs is 2. The second-order valence-corrected chi connectivity index (χ2v) is 16.1. The zero-order chi connectivity index (χ0) is 41.0. The lowest BCUT2D eigenvalue weighted by Gasteiger charge is -2.21. The van der Waals surface area contributed by atoms with Crippen molar-refractivity contribution in [3.05, 3.63) is 96.6 Å². The Bertz CT molecular complexity index is 2430. The van der Waals surface area contributed by atoms with Gasteiger partial charge in [-0.05, 0) is 97.3 Å². The van der Waals surface area contributed by atoms with Crippen molar-refractivity contribution in [2.75, 3.05) is 55.7 Å². The second kappa shape index (κ2) is 17.1. The fraction of sp³-hybridized carbons (Fsp3) is 0.341. The fourth-order valence-electron chi connectivity index (χ4n) is 7.19. The number of aromatic hydroxyl groups is 2. The summed E-state index contributed by atoms with van der Waals surface area (Å²) in [6, 6.07) is 22.8. The van der Waals surface area contributed by atoms with Crippen molar-refractivity contribution in [2.24, 2.45) is 23.0 Å². The van der Waals surface area contributed by atoms with Crippen LogP contribution in [0.2, 0.25) is 0 Å². The first-order valence-electron chi connectivity index (χ1n) is 19.5. The molecule has 0 unspecified atom stereocenters. The zero-order valence-electron chi connectivity index (χ0n) is 32.8. The number of ether oxygens (including phenoxy) is 1. The fourth-order valence-corrected chi connectivity index (χ4v) is 7.19. The van der Waals surface area contributed by atoms with Crippen LogP contribution in [0.1, 0.15) is 33.6 Å². The number of anilines is 2. The molecule has 2 fully saturated rings. The Hall–Kier alpha value is -6.15. The molecule has 2 aliphatic rings. The number of alkyl carbamates (subject to hydrolysis) is 1. The summed E-state index contributed by atoms with van der Waals surface area (Å²) in [5, 5.41) is 24.6. The van der Waals surface area contributed by atoms with Gasteiger partial charge in [-0.3, -0.25) is 0 Å². The maximum absolute atomic E-state index is 14.1. The monoisotopic (exact) mass is 790 g/mol. The van der Waals surface area contributed by atoms with Gasteiger partial charge in [-0.1, -0.05) is 45.0 Å². The molecule has 4 aromatic carbocycles. The molecule has 0 bridgehead atoms. The van der Waals surface area contributed by atoms with E-state index in [1.807, 2.05) is 32.9 Å². The first-order valence-corrected chi connectivity index (χ1v) is 19.5. The number of phenolic OH excluding ortho intramolecular Hbond substituents is 2. The van der Waals surface area contributed by atoms with E-state index in [9.17, 15) is 23.8 Å². The summed E-state index contributed by atoms with van der Waals surface area (Å²) in [4.78, 5) is 34.7. The number of phenols is 2. The third-order valence-corrected chi connectivity index (χ3v) is 10.2. The lowest BCUT2D eigenvalue weighted by molar-refractivity contribution is 0.105. The standard InChI is InChI=1S/C25H29FN4O3.C19H19FN4O/c1-25(2,3)15-33-24(32)27-13-16-10-11-30(14-16)23-19-12-17(26)8-9-20(19)28-22(29-23)18-6-4-5-7-21(18)31;20-13-5-6-16-15(9-13)19(24-8-7-12(10-21)11-24)23-18(22-16)14-3-1-2-4-17(14)25/h4-9,12,16,31H,10-11,13-15H2,1-3H3,(H,27,32);1-6,9,12,25H,7-8,10-11,21H2/t16-;12-/m00/s1. The molecule has 2 saturated heterocycles. The van der Waals surface area contributed by atoms with E-state index in [-0.39, 0.29) is 34.5 Å². The number of halogens is 2. The molecule has 58 heavy (non-hydrogen) atoms. The van der Waals surface area contributed by atoms with E-state index in [0.717, 1.165) is 25.9 Å². The van der Waals surface area contributed by atoms with Gasteiger partial charge < -0.3 is 35.8 Å². The molecular weight excluding hydrogens is 743 g/mol. The number of nitrogens with one attached hydrogen (secondary N) is 1. The van der Waals surface area contributed by atoms with Crippen LogP contribution in [-0.4, -0.2) is 82.1 Å². The SMILES string of the molecule is CC(C)(C)COC(=O)NC[C@@H]1CCN(c2nc(-c3ccccc3O)nc3ccc(F)cc23)C1.NC[C@@H]1CCN(c2nc(-c3ccccc3O)nc3ccc(F)cc23)C1. The van der Waals surface area contributed by atoms with Gasteiger partial charge in [-0.15, -0.1) is 0 Å². The van der Waals surface area contributed by atoms with Gasteiger partial charge in [0.2, 0.25) is 0 Å². The van der Waals surface area contributed by atoms with E-state index in [4.69, 9.17) is 15.5 Å². The lowest BCUT2D eigenvalue weighted by atomic mass is 9.99. The quantitative estimate of drug-likeness (QED) is 0.120. The Morgan fingerprint density at radius 1 is 0.759 bits per heavy atom. The number of nitrogens with two attached hydrogens (primary N) is 1. The van der Waals surface area contributed by atoms with E-state index in [2.05, 4.69) is 30.1 Å². The van der Waals surface area contributed by atoms with Gasteiger partial charge in [0.05, 0.1) is 28.8 Å². The molecule has 0 spiro atoms. The van der Waals surface area contributed by atoms with E-state index in [1.54, 1.807) is 48.5 Å². The third-order valence-electron chi connectivity index (χ3n) is 10.2. The molecule has 2 aromatic heterocycles. The molecule has 2 aliphatic heterocycles. The van der Waals surface area contributed by atoms with Gasteiger partial charge in [-0.2, -0.15) is 0 Å². The van der Waals surface area contributed by atoms with Crippen LogP contribution in [0.25, 0.3) is 44.6 Å². The van der Waals surface area contributed by atoms with E-state index in [1.165, 1.54) is 24.3 Å². The molecule has 1 amide bonds. The smallest absolute Gasteiger partial charge is 0.407 e. The van der Waals surface area contributed by atoms with Crippen molar-refractivity contribution in [3.63, 3.8) is 0 Å². The molecule has 12 nitrogen and oxygen atoms in total. The Labute approximate surface area is 335 Å². The van der Waals surface area contributed by atoms with Crippen molar-refractivity contribution in [2.45, 2.75) is 33.6 Å². The summed E-state index contributed by atoms with van der Waals surface area (Å²) in [6.07, 6.45) is 1.43. The van der Waals surface area contributed by atoms with Gasteiger partial charge >= 0.3 is 6.09 Å². The van der Waals surface area contributed by atoms with Crippen LogP contribution in [0.4, 0.5) is 25.2 Å². The summed E-state index contributed by atoms with van der Waals surface area (Å²) < 4.78 is 33.1. The molecule has 6 aromatic rings. The molecule has 4 heterocycles. The van der Waals surface area contributed by atoms with Crippen molar-refractivity contribution >= 4 is 39.5 Å². The number of nitrogens with zero attached hydrogens (tertiary/aromatic N) is 6. The molecule has 302 valence electrons. The van der Waals surface area contributed by atoms with E-state index in [0.29, 0.717) is 94.9 Å². The molecule has 0 radical (unpaired) electrons. The van der Waals surface area contributed by atoms with Gasteiger partial charge in [0.15, 0.2) is 11.6 Å². The average Bonchev–Trinajstić information content (AvgIpc) is 3.89.